The van der Waals surface area contributed by atoms with Crippen molar-refractivity contribution in [1.82, 2.24) is 5.32 Å². The molecule has 1 aliphatic carbocycles. The van der Waals surface area contributed by atoms with Crippen LogP contribution in [0.2, 0.25) is 0 Å². The van der Waals surface area contributed by atoms with Crippen LogP contribution in [0.15, 0.2) is 48.5 Å². The molecule has 1 saturated carbocycles. The van der Waals surface area contributed by atoms with Crippen LogP contribution in [0.3, 0.4) is 0 Å². The van der Waals surface area contributed by atoms with Gasteiger partial charge in [-0.1, -0.05) is 29.8 Å². The molecule has 0 spiro atoms. The quantitative estimate of drug-likeness (QED) is 0.758. The first kappa shape index (κ1) is 17.2. The number of hydrogen-bond donors (Lipinski definition) is 3. The number of carbonyl (C=O) groups is 2. The molecular formula is C20H23N3O2. The highest BCUT2D eigenvalue weighted by Crippen LogP contribution is 2.31. The molecule has 0 radical (unpaired) electrons. The number of carbonyl (C=O) groups excluding carboxylic acids is 2. The summed E-state index contributed by atoms with van der Waals surface area (Å²) >= 11 is 0. The summed E-state index contributed by atoms with van der Waals surface area (Å²) in [7, 11) is 0. The van der Waals surface area contributed by atoms with Gasteiger partial charge < -0.3 is 16.4 Å². The van der Waals surface area contributed by atoms with Crippen molar-refractivity contribution in [3.8, 4) is 0 Å². The van der Waals surface area contributed by atoms with E-state index in [1.54, 1.807) is 30.3 Å². The summed E-state index contributed by atoms with van der Waals surface area (Å²) in [5.41, 5.74) is 8.53. The molecule has 4 N–H and O–H groups in total. The van der Waals surface area contributed by atoms with E-state index in [4.69, 9.17) is 5.73 Å². The summed E-state index contributed by atoms with van der Waals surface area (Å²) in [5, 5.41) is 5.69. The molecule has 0 saturated heterocycles. The minimum Gasteiger partial charge on any atom is -0.350 e. The lowest BCUT2D eigenvalue weighted by Crippen LogP contribution is -2.38. The normalized spacial score (nSPS) is 14.6. The van der Waals surface area contributed by atoms with E-state index in [0.717, 1.165) is 18.4 Å². The molecule has 1 fully saturated rings. The maximum Gasteiger partial charge on any atom is 0.255 e. The van der Waals surface area contributed by atoms with Gasteiger partial charge in [0.2, 0.25) is 0 Å². The Labute approximate surface area is 147 Å². The van der Waals surface area contributed by atoms with Gasteiger partial charge in [0.1, 0.15) is 0 Å². The van der Waals surface area contributed by atoms with Crippen molar-refractivity contribution in [1.29, 1.82) is 0 Å². The number of rotatable bonds is 6. The van der Waals surface area contributed by atoms with Crippen LogP contribution in [0.1, 0.15) is 39.1 Å². The van der Waals surface area contributed by atoms with E-state index in [0.29, 0.717) is 29.3 Å². The topological polar surface area (TPSA) is 84.2 Å². The average Bonchev–Trinajstić information content (AvgIpc) is 3.45. The molecule has 130 valence electrons. The summed E-state index contributed by atoms with van der Waals surface area (Å²) in [5.74, 6) is 0.0615. The van der Waals surface area contributed by atoms with E-state index < -0.39 is 0 Å². The van der Waals surface area contributed by atoms with Gasteiger partial charge in [0, 0.05) is 18.2 Å². The van der Waals surface area contributed by atoms with Crippen LogP contribution < -0.4 is 16.4 Å². The third-order valence-corrected chi connectivity index (χ3v) is 4.43. The SMILES string of the molecule is Cc1cccc(C(=O)Nc2ccccc2C(=O)NCC(N)C2CC2)c1. The monoisotopic (exact) mass is 337 g/mol. The number of benzene rings is 2. The Morgan fingerprint density at radius 2 is 1.88 bits per heavy atom. The Hall–Kier alpha value is -2.66. The van der Waals surface area contributed by atoms with Crippen LogP contribution >= 0.6 is 0 Å². The fraction of sp³-hybridized carbons (Fsp3) is 0.300. The molecule has 0 heterocycles. The molecule has 25 heavy (non-hydrogen) atoms. The minimum absolute atomic E-state index is 0.00185. The van der Waals surface area contributed by atoms with Crippen molar-refractivity contribution in [2.75, 3.05) is 11.9 Å². The van der Waals surface area contributed by atoms with Gasteiger partial charge in [0.15, 0.2) is 0 Å². The van der Waals surface area contributed by atoms with Crippen LogP contribution in [0.25, 0.3) is 0 Å². The van der Waals surface area contributed by atoms with E-state index in [1.807, 2.05) is 25.1 Å². The van der Waals surface area contributed by atoms with Crippen LogP contribution in [-0.4, -0.2) is 24.4 Å². The van der Waals surface area contributed by atoms with Gasteiger partial charge in [-0.2, -0.15) is 0 Å². The minimum atomic E-state index is -0.237. The fourth-order valence-electron chi connectivity index (χ4n) is 2.77. The Kier molecular flexibility index (Phi) is 5.14. The highest BCUT2D eigenvalue weighted by Gasteiger charge is 2.28. The van der Waals surface area contributed by atoms with E-state index in [1.165, 1.54) is 0 Å². The van der Waals surface area contributed by atoms with Gasteiger partial charge in [0.25, 0.3) is 11.8 Å². The summed E-state index contributed by atoms with van der Waals surface area (Å²) in [6.45, 7) is 2.38. The first-order valence-corrected chi connectivity index (χ1v) is 8.55. The van der Waals surface area contributed by atoms with Crippen molar-refractivity contribution in [2.24, 2.45) is 11.7 Å². The summed E-state index contributed by atoms with van der Waals surface area (Å²) in [6.07, 6.45) is 2.28. The van der Waals surface area contributed by atoms with Crippen LogP contribution in [0.4, 0.5) is 5.69 Å². The smallest absolute Gasteiger partial charge is 0.255 e. The highest BCUT2D eigenvalue weighted by atomic mass is 16.2. The van der Waals surface area contributed by atoms with Crippen molar-refractivity contribution >= 4 is 17.5 Å². The van der Waals surface area contributed by atoms with Gasteiger partial charge in [-0.3, -0.25) is 9.59 Å². The fourth-order valence-corrected chi connectivity index (χ4v) is 2.77. The molecule has 5 heteroatoms. The molecule has 0 aromatic heterocycles. The Balaban J connectivity index is 1.69. The third-order valence-electron chi connectivity index (χ3n) is 4.43. The zero-order valence-electron chi connectivity index (χ0n) is 14.3. The zero-order chi connectivity index (χ0) is 17.8. The summed E-state index contributed by atoms with van der Waals surface area (Å²) in [4.78, 5) is 24.9. The number of aryl methyl sites for hydroxylation is 1. The molecule has 3 rings (SSSR count). The number of hydrogen-bond acceptors (Lipinski definition) is 3. The number of nitrogens with two attached hydrogens (primary N) is 1. The maximum atomic E-state index is 12.5. The standard InChI is InChI=1S/C20H23N3O2/c1-13-5-4-6-15(11-13)19(24)23-18-8-3-2-7-16(18)20(25)22-12-17(21)14-9-10-14/h2-8,11,14,17H,9-10,12,21H2,1H3,(H,22,25)(H,23,24). The Morgan fingerprint density at radius 1 is 1.12 bits per heavy atom. The van der Waals surface area contributed by atoms with E-state index in [2.05, 4.69) is 10.6 Å². The first-order chi connectivity index (χ1) is 12.0. The van der Waals surface area contributed by atoms with Crippen molar-refractivity contribution < 1.29 is 9.59 Å². The van der Waals surface area contributed by atoms with Crippen molar-refractivity contribution in [3.63, 3.8) is 0 Å². The number of amides is 2. The Morgan fingerprint density at radius 3 is 2.60 bits per heavy atom. The van der Waals surface area contributed by atoms with E-state index in [9.17, 15) is 9.59 Å². The highest BCUT2D eigenvalue weighted by molar-refractivity contribution is 6.09. The lowest BCUT2D eigenvalue weighted by molar-refractivity contribution is 0.0951. The van der Waals surface area contributed by atoms with Crippen molar-refractivity contribution in [3.05, 3.63) is 65.2 Å². The molecular weight excluding hydrogens is 314 g/mol. The maximum absolute atomic E-state index is 12.5. The van der Waals surface area contributed by atoms with Crippen LogP contribution in [0, 0.1) is 12.8 Å². The third kappa shape index (κ3) is 4.45. The second-order valence-corrected chi connectivity index (χ2v) is 6.58. The second-order valence-electron chi connectivity index (χ2n) is 6.58. The predicted molar refractivity (Wildman–Crippen MR) is 98.6 cm³/mol. The number of anilines is 1. The zero-order valence-corrected chi connectivity index (χ0v) is 14.3. The average molecular weight is 337 g/mol. The van der Waals surface area contributed by atoms with Crippen molar-refractivity contribution in [2.45, 2.75) is 25.8 Å². The number of nitrogens with one attached hydrogen (secondary N) is 2. The van der Waals surface area contributed by atoms with Gasteiger partial charge in [-0.05, 0) is 49.9 Å². The van der Waals surface area contributed by atoms with Gasteiger partial charge >= 0.3 is 0 Å². The lowest BCUT2D eigenvalue weighted by Gasteiger charge is -2.14. The first-order valence-electron chi connectivity index (χ1n) is 8.55. The van der Waals surface area contributed by atoms with E-state index >= 15 is 0 Å². The molecule has 0 bridgehead atoms. The molecule has 5 nitrogen and oxygen atoms in total. The summed E-state index contributed by atoms with van der Waals surface area (Å²) in [6, 6.07) is 14.3. The molecule has 1 unspecified atom stereocenters. The second kappa shape index (κ2) is 7.49. The molecule has 2 amide bonds. The van der Waals surface area contributed by atoms with Gasteiger partial charge in [-0.25, -0.2) is 0 Å². The largest absolute Gasteiger partial charge is 0.350 e. The van der Waals surface area contributed by atoms with Crippen LogP contribution in [-0.2, 0) is 0 Å². The molecule has 0 aliphatic heterocycles. The lowest BCUT2D eigenvalue weighted by atomic mass is 10.1. The van der Waals surface area contributed by atoms with E-state index in [-0.39, 0.29) is 17.9 Å². The molecule has 2 aromatic rings. The van der Waals surface area contributed by atoms with Crippen LogP contribution in [0.5, 0.6) is 0 Å². The summed E-state index contributed by atoms with van der Waals surface area (Å²) < 4.78 is 0. The molecule has 2 aromatic carbocycles. The van der Waals surface area contributed by atoms with Gasteiger partial charge in [-0.15, -0.1) is 0 Å². The molecule has 1 aliphatic rings. The predicted octanol–water partition coefficient (Wildman–Crippen LogP) is 2.71. The number of para-hydroxylation sites is 1. The molecule has 1 atom stereocenters. The Bertz CT molecular complexity index is 784. The van der Waals surface area contributed by atoms with Gasteiger partial charge in [0.05, 0.1) is 11.3 Å².